The molecule has 2 amide bonds. The van der Waals surface area contributed by atoms with Crippen LogP contribution in [0.2, 0.25) is 0 Å². The molecule has 5 nitrogen and oxygen atoms in total. The van der Waals surface area contributed by atoms with Gasteiger partial charge in [-0.2, -0.15) is 13.2 Å². The van der Waals surface area contributed by atoms with E-state index >= 15 is 0 Å². The number of hydrogen-bond donors (Lipinski definition) is 1. The number of morpholine rings is 1. The number of hydrogen-bond acceptors (Lipinski definition) is 3. The van der Waals surface area contributed by atoms with Gasteiger partial charge in [0.25, 0.3) is 0 Å². The highest BCUT2D eigenvalue weighted by Gasteiger charge is 2.38. The summed E-state index contributed by atoms with van der Waals surface area (Å²) >= 11 is 0. The SMILES string of the molecule is C[C@@H](NC(=O)N(C)CC(C)(C)CN1CCOCC1)C(F)(F)F. The lowest BCUT2D eigenvalue weighted by Crippen LogP contribution is -2.51. The number of amides is 2. The summed E-state index contributed by atoms with van der Waals surface area (Å²) in [6.07, 6.45) is -4.43. The van der Waals surface area contributed by atoms with Gasteiger partial charge in [0.2, 0.25) is 0 Å². The minimum absolute atomic E-state index is 0.217. The van der Waals surface area contributed by atoms with Crippen LogP contribution in [0.4, 0.5) is 18.0 Å². The number of alkyl halides is 3. The van der Waals surface area contributed by atoms with E-state index in [-0.39, 0.29) is 5.41 Å². The van der Waals surface area contributed by atoms with Gasteiger partial charge in [-0.05, 0) is 12.3 Å². The van der Waals surface area contributed by atoms with Crippen molar-refractivity contribution in [1.82, 2.24) is 15.1 Å². The summed E-state index contributed by atoms with van der Waals surface area (Å²) < 4.78 is 42.7. The summed E-state index contributed by atoms with van der Waals surface area (Å²) in [4.78, 5) is 15.4. The molecule has 1 atom stereocenters. The van der Waals surface area contributed by atoms with Crippen molar-refractivity contribution in [2.45, 2.75) is 33.0 Å². The van der Waals surface area contributed by atoms with E-state index < -0.39 is 18.2 Å². The summed E-state index contributed by atoms with van der Waals surface area (Å²) in [6.45, 7) is 9.13. The van der Waals surface area contributed by atoms with Crippen molar-refractivity contribution in [2.24, 2.45) is 5.41 Å². The zero-order valence-electron chi connectivity index (χ0n) is 13.7. The van der Waals surface area contributed by atoms with E-state index in [0.717, 1.165) is 26.6 Å². The maximum absolute atomic E-state index is 12.5. The smallest absolute Gasteiger partial charge is 0.379 e. The molecule has 0 aliphatic carbocycles. The lowest BCUT2D eigenvalue weighted by atomic mass is 9.92. The molecule has 8 heteroatoms. The van der Waals surface area contributed by atoms with Crippen molar-refractivity contribution >= 4 is 6.03 Å². The van der Waals surface area contributed by atoms with Crippen LogP contribution in [0, 0.1) is 5.41 Å². The highest BCUT2D eigenvalue weighted by Crippen LogP contribution is 2.21. The Hall–Kier alpha value is -1.02. The molecule has 0 aromatic rings. The highest BCUT2D eigenvalue weighted by molar-refractivity contribution is 5.74. The van der Waals surface area contributed by atoms with Crippen LogP contribution in [0.15, 0.2) is 0 Å². The van der Waals surface area contributed by atoms with Crippen molar-refractivity contribution in [3.05, 3.63) is 0 Å². The van der Waals surface area contributed by atoms with Crippen LogP contribution in [-0.2, 0) is 4.74 Å². The van der Waals surface area contributed by atoms with E-state index in [4.69, 9.17) is 4.74 Å². The Labute approximate surface area is 129 Å². The Bertz CT molecular complexity index is 369. The number of halogens is 3. The number of rotatable bonds is 5. The molecule has 1 saturated heterocycles. The van der Waals surface area contributed by atoms with E-state index in [9.17, 15) is 18.0 Å². The van der Waals surface area contributed by atoms with Crippen molar-refractivity contribution in [3.8, 4) is 0 Å². The second kappa shape index (κ2) is 7.50. The standard InChI is InChI=1S/C14H26F3N3O2/c1-11(14(15,16)17)18-12(21)19(4)9-13(2,3)10-20-5-7-22-8-6-20/h11H,5-10H2,1-4H3,(H,18,21)/t11-/m1/s1. The first-order chi connectivity index (χ1) is 10.0. The topological polar surface area (TPSA) is 44.8 Å². The van der Waals surface area contributed by atoms with Crippen LogP contribution >= 0.6 is 0 Å². The molecule has 1 aliphatic heterocycles. The second-order valence-corrected chi connectivity index (χ2v) is 6.62. The molecule has 1 rings (SSSR count). The fourth-order valence-electron chi connectivity index (χ4n) is 2.51. The van der Waals surface area contributed by atoms with Gasteiger partial charge in [0.15, 0.2) is 0 Å². The van der Waals surface area contributed by atoms with Gasteiger partial charge in [-0.25, -0.2) is 4.79 Å². The van der Waals surface area contributed by atoms with E-state index in [1.165, 1.54) is 11.9 Å². The lowest BCUT2D eigenvalue weighted by Gasteiger charge is -2.37. The largest absolute Gasteiger partial charge is 0.408 e. The predicted molar refractivity (Wildman–Crippen MR) is 77.7 cm³/mol. The van der Waals surface area contributed by atoms with Gasteiger partial charge >= 0.3 is 12.2 Å². The van der Waals surface area contributed by atoms with Crippen molar-refractivity contribution in [1.29, 1.82) is 0 Å². The molecule has 0 radical (unpaired) electrons. The number of carbonyl (C=O) groups is 1. The summed E-state index contributed by atoms with van der Waals surface area (Å²) in [7, 11) is 1.51. The molecule has 1 aliphatic rings. The van der Waals surface area contributed by atoms with E-state index in [1.807, 2.05) is 19.2 Å². The summed E-state index contributed by atoms with van der Waals surface area (Å²) in [5, 5.41) is 1.97. The third-order valence-corrected chi connectivity index (χ3v) is 3.60. The number of ether oxygens (including phenoxy) is 1. The molecule has 0 saturated carbocycles. The molecule has 1 N–H and O–H groups in total. The Morgan fingerprint density at radius 1 is 1.32 bits per heavy atom. The predicted octanol–water partition coefficient (Wildman–Crippen LogP) is 1.94. The van der Waals surface area contributed by atoms with E-state index in [2.05, 4.69) is 4.90 Å². The Morgan fingerprint density at radius 2 is 1.86 bits per heavy atom. The second-order valence-electron chi connectivity index (χ2n) is 6.62. The normalized spacial score (nSPS) is 18.9. The number of carbonyl (C=O) groups excluding carboxylic acids is 1. The fraction of sp³-hybridized carbons (Fsp3) is 0.929. The molecule has 0 unspecified atom stereocenters. The van der Waals surface area contributed by atoms with Gasteiger partial charge in [0, 0.05) is 33.2 Å². The molecule has 0 aromatic carbocycles. The quantitative estimate of drug-likeness (QED) is 0.840. The molecular weight excluding hydrogens is 299 g/mol. The zero-order valence-corrected chi connectivity index (χ0v) is 13.7. The van der Waals surface area contributed by atoms with Crippen LogP contribution in [0.5, 0.6) is 0 Å². The molecule has 1 heterocycles. The molecule has 0 aromatic heterocycles. The molecular formula is C14H26F3N3O2. The van der Waals surface area contributed by atoms with Gasteiger partial charge in [-0.15, -0.1) is 0 Å². The first kappa shape index (κ1) is 19.0. The van der Waals surface area contributed by atoms with Crippen molar-refractivity contribution < 1.29 is 22.7 Å². The average molecular weight is 325 g/mol. The van der Waals surface area contributed by atoms with Crippen LogP contribution < -0.4 is 5.32 Å². The van der Waals surface area contributed by atoms with Gasteiger partial charge in [0.1, 0.15) is 6.04 Å². The fourth-order valence-corrected chi connectivity index (χ4v) is 2.51. The van der Waals surface area contributed by atoms with Crippen LogP contribution in [-0.4, -0.2) is 74.5 Å². The molecule has 130 valence electrons. The minimum Gasteiger partial charge on any atom is -0.379 e. The maximum atomic E-state index is 12.5. The van der Waals surface area contributed by atoms with Gasteiger partial charge in [0.05, 0.1) is 13.2 Å². The molecule has 0 bridgehead atoms. The van der Waals surface area contributed by atoms with Crippen LogP contribution in [0.1, 0.15) is 20.8 Å². The van der Waals surface area contributed by atoms with Gasteiger partial charge < -0.3 is 15.0 Å². The minimum atomic E-state index is -4.43. The third-order valence-electron chi connectivity index (χ3n) is 3.60. The maximum Gasteiger partial charge on any atom is 0.408 e. The number of urea groups is 1. The van der Waals surface area contributed by atoms with Crippen molar-refractivity contribution in [2.75, 3.05) is 46.4 Å². The Balaban J connectivity index is 2.47. The zero-order chi connectivity index (χ0) is 17.0. The van der Waals surface area contributed by atoms with E-state index in [1.54, 1.807) is 0 Å². The Kier molecular flexibility index (Phi) is 6.49. The van der Waals surface area contributed by atoms with Gasteiger partial charge in [-0.1, -0.05) is 13.8 Å². The molecule has 1 fully saturated rings. The summed E-state index contributed by atoms with van der Waals surface area (Å²) in [5.41, 5.74) is -0.217. The molecule has 0 spiro atoms. The number of nitrogens with zero attached hydrogens (tertiary/aromatic N) is 2. The third kappa shape index (κ3) is 6.39. The number of nitrogens with one attached hydrogen (secondary N) is 1. The average Bonchev–Trinajstić information content (AvgIpc) is 2.37. The summed E-state index contributed by atoms with van der Waals surface area (Å²) in [5.74, 6) is 0. The lowest BCUT2D eigenvalue weighted by molar-refractivity contribution is -0.149. The first-order valence-corrected chi connectivity index (χ1v) is 7.40. The summed E-state index contributed by atoms with van der Waals surface area (Å²) in [6, 6.07) is -2.57. The first-order valence-electron chi connectivity index (χ1n) is 7.40. The van der Waals surface area contributed by atoms with Crippen molar-refractivity contribution in [3.63, 3.8) is 0 Å². The van der Waals surface area contributed by atoms with Crippen LogP contribution in [0.25, 0.3) is 0 Å². The van der Waals surface area contributed by atoms with Crippen LogP contribution in [0.3, 0.4) is 0 Å². The van der Waals surface area contributed by atoms with E-state index in [0.29, 0.717) is 19.8 Å². The molecule has 22 heavy (non-hydrogen) atoms. The van der Waals surface area contributed by atoms with Gasteiger partial charge in [-0.3, -0.25) is 4.90 Å². The monoisotopic (exact) mass is 325 g/mol. The highest BCUT2D eigenvalue weighted by atomic mass is 19.4. The Morgan fingerprint density at radius 3 is 2.36 bits per heavy atom.